The van der Waals surface area contributed by atoms with Crippen molar-refractivity contribution < 1.29 is 0 Å². The largest absolute Gasteiger partial charge is 0.103 e. The third-order valence-electron chi connectivity index (χ3n) is 2.23. The Morgan fingerprint density at radius 1 is 1.23 bits per heavy atom. The molecular formula is C13H22. The van der Waals surface area contributed by atoms with Gasteiger partial charge in [-0.25, -0.2) is 0 Å². The zero-order valence-corrected chi connectivity index (χ0v) is 9.32. The predicted octanol–water partition coefficient (Wildman–Crippen LogP) is 4.17. The zero-order valence-electron chi connectivity index (χ0n) is 9.32. The van der Waals surface area contributed by atoms with Crippen molar-refractivity contribution in [3.63, 3.8) is 0 Å². The average Bonchev–Trinajstić information content (AvgIpc) is 2.11. The fourth-order valence-electron chi connectivity index (χ4n) is 0.929. The second-order valence-corrected chi connectivity index (χ2v) is 4.15. The molecule has 0 heterocycles. The van der Waals surface area contributed by atoms with Crippen molar-refractivity contribution >= 4 is 0 Å². The summed E-state index contributed by atoms with van der Waals surface area (Å²) in [6.45, 7) is 10.4. The van der Waals surface area contributed by atoms with Gasteiger partial charge < -0.3 is 0 Å². The molecule has 0 unspecified atom stereocenters. The normalized spacial score (nSPS) is 10.4. The number of unbranched alkanes of at least 4 members (excludes halogenated alkanes) is 2. The van der Waals surface area contributed by atoms with E-state index in [9.17, 15) is 0 Å². The van der Waals surface area contributed by atoms with Gasteiger partial charge in [0.2, 0.25) is 0 Å². The molecule has 0 N–H and O–H groups in total. The Kier molecular flexibility index (Phi) is 6.41. The highest BCUT2D eigenvalue weighted by molar-refractivity contribution is 5.00. The van der Waals surface area contributed by atoms with Gasteiger partial charge in [-0.1, -0.05) is 33.3 Å². The summed E-state index contributed by atoms with van der Waals surface area (Å²) in [5.41, 5.74) is 0.249. The zero-order chi connectivity index (χ0) is 10.2. The van der Waals surface area contributed by atoms with Gasteiger partial charge in [0.1, 0.15) is 0 Å². The standard InChI is InChI=1S/C13H22/c1-5-7-8-9-10-11-12-13(3,4)6-2/h6H,2,5,7-8,11-12H2,1,3-4H3. The summed E-state index contributed by atoms with van der Waals surface area (Å²) in [6.07, 6.45) is 7.68. The quantitative estimate of drug-likeness (QED) is 0.337. The van der Waals surface area contributed by atoms with E-state index in [0.717, 1.165) is 19.3 Å². The smallest absolute Gasteiger partial charge is 0.00967 e. The summed E-state index contributed by atoms with van der Waals surface area (Å²) >= 11 is 0. The maximum atomic E-state index is 3.81. The molecule has 0 saturated heterocycles. The van der Waals surface area contributed by atoms with Gasteiger partial charge in [0.05, 0.1) is 0 Å². The highest BCUT2D eigenvalue weighted by Crippen LogP contribution is 2.22. The number of hydrogen-bond donors (Lipinski definition) is 0. The van der Waals surface area contributed by atoms with Crippen LogP contribution in [0.15, 0.2) is 12.7 Å². The molecule has 0 aromatic heterocycles. The number of allylic oxidation sites excluding steroid dienone is 1. The maximum absolute atomic E-state index is 3.81. The lowest BCUT2D eigenvalue weighted by atomic mass is 9.88. The Bertz CT molecular complexity index is 188. The summed E-state index contributed by atoms with van der Waals surface area (Å²) in [6, 6.07) is 0. The van der Waals surface area contributed by atoms with Gasteiger partial charge in [-0.2, -0.15) is 0 Å². The van der Waals surface area contributed by atoms with Gasteiger partial charge in [0.15, 0.2) is 0 Å². The highest BCUT2D eigenvalue weighted by atomic mass is 14.1. The van der Waals surface area contributed by atoms with Crippen molar-refractivity contribution in [2.45, 2.75) is 52.9 Å². The molecule has 0 bridgehead atoms. The fraction of sp³-hybridized carbons (Fsp3) is 0.692. The van der Waals surface area contributed by atoms with Crippen LogP contribution in [0.2, 0.25) is 0 Å². The average molecular weight is 178 g/mol. The summed E-state index contributed by atoms with van der Waals surface area (Å²) in [4.78, 5) is 0. The molecule has 0 aliphatic rings. The Balaban J connectivity index is 3.52. The van der Waals surface area contributed by atoms with Crippen LogP contribution >= 0.6 is 0 Å². The minimum Gasteiger partial charge on any atom is -0.103 e. The molecule has 0 amide bonds. The van der Waals surface area contributed by atoms with E-state index in [1.54, 1.807) is 0 Å². The summed E-state index contributed by atoms with van der Waals surface area (Å²) in [5, 5.41) is 0. The Morgan fingerprint density at radius 3 is 2.38 bits per heavy atom. The summed E-state index contributed by atoms with van der Waals surface area (Å²) in [5.74, 6) is 6.41. The molecule has 0 saturated carbocycles. The van der Waals surface area contributed by atoms with E-state index in [4.69, 9.17) is 0 Å². The third-order valence-corrected chi connectivity index (χ3v) is 2.23. The van der Waals surface area contributed by atoms with Crippen molar-refractivity contribution in [1.29, 1.82) is 0 Å². The molecule has 13 heavy (non-hydrogen) atoms. The van der Waals surface area contributed by atoms with Gasteiger partial charge in [-0.15, -0.1) is 18.4 Å². The minimum absolute atomic E-state index is 0.249. The topological polar surface area (TPSA) is 0 Å². The van der Waals surface area contributed by atoms with Crippen molar-refractivity contribution in [3.05, 3.63) is 12.7 Å². The van der Waals surface area contributed by atoms with Crippen LogP contribution in [-0.2, 0) is 0 Å². The molecule has 0 fully saturated rings. The minimum atomic E-state index is 0.249. The van der Waals surface area contributed by atoms with Gasteiger partial charge in [0, 0.05) is 12.8 Å². The lowest BCUT2D eigenvalue weighted by Crippen LogP contribution is -2.05. The molecule has 0 radical (unpaired) electrons. The van der Waals surface area contributed by atoms with E-state index in [1.165, 1.54) is 12.8 Å². The molecule has 0 aliphatic carbocycles. The van der Waals surface area contributed by atoms with E-state index in [2.05, 4.69) is 39.2 Å². The first-order chi connectivity index (χ1) is 6.12. The van der Waals surface area contributed by atoms with E-state index in [1.807, 2.05) is 6.08 Å². The van der Waals surface area contributed by atoms with E-state index in [0.29, 0.717) is 0 Å². The first-order valence-electron chi connectivity index (χ1n) is 5.21. The molecule has 0 aromatic carbocycles. The van der Waals surface area contributed by atoms with E-state index >= 15 is 0 Å². The maximum Gasteiger partial charge on any atom is 0.00967 e. The van der Waals surface area contributed by atoms with Crippen LogP contribution in [0.1, 0.15) is 52.9 Å². The van der Waals surface area contributed by atoms with Gasteiger partial charge in [-0.05, 0) is 18.3 Å². The van der Waals surface area contributed by atoms with Crippen molar-refractivity contribution in [3.8, 4) is 11.8 Å². The molecule has 0 aliphatic heterocycles. The molecular weight excluding hydrogens is 156 g/mol. The third kappa shape index (κ3) is 7.65. The first kappa shape index (κ1) is 12.3. The summed E-state index contributed by atoms with van der Waals surface area (Å²) < 4.78 is 0. The predicted molar refractivity (Wildman–Crippen MR) is 60.5 cm³/mol. The summed E-state index contributed by atoms with van der Waals surface area (Å²) in [7, 11) is 0. The van der Waals surface area contributed by atoms with Crippen molar-refractivity contribution in [2.75, 3.05) is 0 Å². The lowest BCUT2D eigenvalue weighted by molar-refractivity contribution is 0.446. The number of hydrogen-bond acceptors (Lipinski definition) is 0. The molecule has 0 atom stereocenters. The Morgan fingerprint density at radius 2 is 1.85 bits per heavy atom. The van der Waals surface area contributed by atoms with Crippen LogP contribution < -0.4 is 0 Å². The molecule has 0 heteroatoms. The van der Waals surface area contributed by atoms with Crippen molar-refractivity contribution in [2.24, 2.45) is 5.41 Å². The molecule has 74 valence electrons. The van der Waals surface area contributed by atoms with Gasteiger partial charge >= 0.3 is 0 Å². The van der Waals surface area contributed by atoms with Crippen LogP contribution in [0.5, 0.6) is 0 Å². The van der Waals surface area contributed by atoms with Crippen LogP contribution in [-0.4, -0.2) is 0 Å². The van der Waals surface area contributed by atoms with Crippen LogP contribution in [0.25, 0.3) is 0 Å². The Labute approximate surface area is 83.4 Å². The van der Waals surface area contributed by atoms with Crippen LogP contribution in [0, 0.1) is 17.3 Å². The van der Waals surface area contributed by atoms with Crippen molar-refractivity contribution in [1.82, 2.24) is 0 Å². The second-order valence-electron chi connectivity index (χ2n) is 4.15. The first-order valence-corrected chi connectivity index (χ1v) is 5.21. The van der Waals surface area contributed by atoms with Gasteiger partial charge in [-0.3, -0.25) is 0 Å². The lowest BCUT2D eigenvalue weighted by Gasteiger charge is -2.17. The monoisotopic (exact) mass is 178 g/mol. The molecule has 0 aromatic rings. The SMILES string of the molecule is C=CC(C)(C)CCC#CCCCC. The van der Waals surface area contributed by atoms with Gasteiger partial charge in [0.25, 0.3) is 0 Å². The second kappa shape index (κ2) is 6.78. The highest BCUT2D eigenvalue weighted by Gasteiger charge is 2.10. The van der Waals surface area contributed by atoms with E-state index < -0.39 is 0 Å². The molecule has 0 spiro atoms. The number of rotatable bonds is 5. The molecule has 0 rings (SSSR count). The van der Waals surface area contributed by atoms with Crippen LogP contribution in [0.3, 0.4) is 0 Å². The van der Waals surface area contributed by atoms with Crippen LogP contribution in [0.4, 0.5) is 0 Å². The fourth-order valence-corrected chi connectivity index (χ4v) is 0.929. The Hall–Kier alpha value is -0.700. The van der Waals surface area contributed by atoms with E-state index in [-0.39, 0.29) is 5.41 Å². The molecule has 0 nitrogen and oxygen atoms in total.